The summed E-state index contributed by atoms with van der Waals surface area (Å²) < 4.78 is 13.3. The Balaban J connectivity index is 1.23. The lowest BCUT2D eigenvalue weighted by Gasteiger charge is -2.21. The number of fused-ring (bicyclic) bond motifs is 1. The molecule has 0 unspecified atom stereocenters. The van der Waals surface area contributed by atoms with Crippen molar-refractivity contribution in [3.8, 4) is 22.9 Å². The molecule has 2 aromatic heterocycles. The Morgan fingerprint density at radius 3 is 2.84 bits per heavy atom. The number of carbonyl (C=O) groups excluding carboxylic acids is 1. The summed E-state index contributed by atoms with van der Waals surface area (Å²) >= 11 is 1.41. The monoisotopic (exact) mass is 437 g/mol. The first kappa shape index (κ1) is 19.9. The Hall–Kier alpha value is -3.07. The molecule has 0 spiro atoms. The third-order valence-corrected chi connectivity index (χ3v) is 6.22. The van der Waals surface area contributed by atoms with Crippen molar-refractivity contribution in [1.82, 2.24) is 25.1 Å². The lowest BCUT2D eigenvalue weighted by atomic mass is 10.1. The van der Waals surface area contributed by atoms with E-state index >= 15 is 0 Å². The molecule has 1 amide bonds. The highest BCUT2D eigenvalue weighted by Crippen LogP contribution is 2.41. The Morgan fingerprint density at radius 2 is 2.06 bits per heavy atom. The summed E-state index contributed by atoms with van der Waals surface area (Å²) in [4.78, 5) is 16.8. The maximum absolute atomic E-state index is 12.6. The van der Waals surface area contributed by atoms with Crippen molar-refractivity contribution in [3.63, 3.8) is 0 Å². The van der Waals surface area contributed by atoms with Crippen LogP contribution in [0.2, 0.25) is 0 Å². The number of nitrogens with one attached hydrogen (secondary N) is 1. The molecule has 0 saturated heterocycles. The van der Waals surface area contributed by atoms with E-state index in [2.05, 4.69) is 25.1 Å². The van der Waals surface area contributed by atoms with Crippen LogP contribution in [-0.2, 0) is 4.79 Å². The summed E-state index contributed by atoms with van der Waals surface area (Å²) in [6.07, 6.45) is 5.74. The number of rotatable bonds is 7. The average Bonchev–Trinajstić information content (AvgIpc) is 3.56. The fourth-order valence-electron chi connectivity index (χ4n) is 3.56. The first-order valence-electron chi connectivity index (χ1n) is 10.4. The summed E-state index contributed by atoms with van der Waals surface area (Å²) in [6, 6.07) is 9.89. The second kappa shape index (κ2) is 8.58. The Morgan fingerprint density at radius 1 is 1.23 bits per heavy atom. The van der Waals surface area contributed by atoms with E-state index in [0.29, 0.717) is 19.3 Å². The lowest BCUT2D eigenvalue weighted by molar-refractivity contribution is -0.119. The van der Waals surface area contributed by atoms with Crippen LogP contribution in [0.4, 0.5) is 0 Å². The normalized spacial score (nSPS) is 16.0. The smallest absolute Gasteiger partial charge is 0.230 e. The molecule has 1 aromatic carbocycles. The molecular formula is C22H23N5O3S. The van der Waals surface area contributed by atoms with Crippen molar-refractivity contribution in [3.05, 3.63) is 48.3 Å². The van der Waals surface area contributed by atoms with Gasteiger partial charge in [-0.1, -0.05) is 17.8 Å². The molecule has 0 bridgehead atoms. The number of benzene rings is 1. The quantitative estimate of drug-likeness (QED) is 0.566. The standard InChI is InChI=1S/C22H23N5O3S/c1-14(15-4-7-18-19(11-15)30-10-9-29-18)24-20(28)13-31-22-26-25-21(27(22)17-5-6-17)16-3-2-8-23-12-16/h2-4,7-8,11-12,14,17H,5-6,9-10,13H2,1H3,(H,24,28)/t14-/m0/s1. The van der Waals surface area contributed by atoms with E-state index in [1.807, 2.05) is 37.3 Å². The van der Waals surface area contributed by atoms with Crippen molar-refractivity contribution in [1.29, 1.82) is 0 Å². The number of hydrogen-bond donors (Lipinski definition) is 1. The molecule has 9 heteroatoms. The first-order valence-corrected chi connectivity index (χ1v) is 11.3. The summed E-state index contributed by atoms with van der Waals surface area (Å²) in [6.45, 7) is 3.06. The molecule has 1 fully saturated rings. The molecule has 2 aliphatic rings. The zero-order valence-electron chi connectivity index (χ0n) is 17.2. The van der Waals surface area contributed by atoms with Crippen LogP contribution in [0.15, 0.2) is 47.9 Å². The topological polar surface area (TPSA) is 91.2 Å². The molecule has 160 valence electrons. The Kier molecular flexibility index (Phi) is 5.50. The number of carbonyl (C=O) groups is 1. The molecule has 1 aliphatic heterocycles. The third-order valence-electron chi connectivity index (χ3n) is 5.27. The number of hydrogen-bond acceptors (Lipinski definition) is 7. The Labute approximate surface area is 184 Å². The summed E-state index contributed by atoms with van der Waals surface area (Å²) in [7, 11) is 0. The number of aromatic nitrogens is 4. The highest BCUT2D eigenvalue weighted by atomic mass is 32.2. The molecule has 31 heavy (non-hydrogen) atoms. The fourth-order valence-corrected chi connectivity index (χ4v) is 4.37. The molecule has 1 saturated carbocycles. The van der Waals surface area contributed by atoms with Crippen molar-refractivity contribution in [2.45, 2.75) is 37.0 Å². The highest BCUT2D eigenvalue weighted by Gasteiger charge is 2.30. The molecule has 3 heterocycles. The van der Waals surface area contributed by atoms with Gasteiger partial charge in [-0.15, -0.1) is 10.2 Å². The first-order chi connectivity index (χ1) is 15.2. The summed E-state index contributed by atoms with van der Waals surface area (Å²) in [5.74, 6) is 2.49. The molecule has 5 rings (SSSR count). The number of nitrogens with zero attached hydrogens (tertiary/aromatic N) is 4. The maximum Gasteiger partial charge on any atom is 0.230 e. The van der Waals surface area contributed by atoms with Crippen LogP contribution in [0.3, 0.4) is 0 Å². The number of amides is 1. The van der Waals surface area contributed by atoms with Crippen molar-refractivity contribution in [2.24, 2.45) is 0 Å². The maximum atomic E-state index is 12.6. The van der Waals surface area contributed by atoms with Gasteiger partial charge in [0.05, 0.1) is 11.8 Å². The van der Waals surface area contributed by atoms with Crippen LogP contribution in [0.1, 0.15) is 37.4 Å². The van der Waals surface area contributed by atoms with E-state index < -0.39 is 0 Å². The van der Waals surface area contributed by atoms with E-state index in [-0.39, 0.29) is 17.7 Å². The van der Waals surface area contributed by atoms with Crippen LogP contribution < -0.4 is 14.8 Å². The second-order valence-corrected chi connectivity index (χ2v) is 8.57. The molecule has 8 nitrogen and oxygen atoms in total. The fraction of sp³-hybridized carbons (Fsp3) is 0.364. The van der Waals surface area contributed by atoms with Gasteiger partial charge in [0, 0.05) is 24.0 Å². The van der Waals surface area contributed by atoms with Crippen LogP contribution in [-0.4, -0.2) is 44.6 Å². The summed E-state index contributed by atoms with van der Waals surface area (Å²) in [5, 5.41) is 12.5. The predicted molar refractivity (Wildman–Crippen MR) is 116 cm³/mol. The van der Waals surface area contributed by atoms with Gasteiger partial charge in [-0.2, -0.15) is 0 Å². The average molecular weight is 438 g/mol. The lowest BCUT2D eigenvalue weighted by Crippen LogP contribution is -2.28. The van der Waals surface area contributed by atoms with Gasteiger partial charge in [0.25, 0.3) is 0 Å². The predicted octanol–water partition coefficient (Wildman–Crippen LogP) is 3.42. The Bertz CT molecular complexity index is 1080. The van der Waals surface area contributed by atoms with E-state index in [4.69, 9.17) is 9.47 Å². The van der Waals surface area contributed by atoms with Gasteiger partial charge in [-0.3, -0.25) is 14.3 Å². The van der Waals surface area contributed by atoms with Gasteiger partial charge in [0.1, 0.15) is 13.2 Å². The molecule has 1 aliphatic carbocycles. The van der Waals surface area contributed by atoms with Crippen LogP contribution >= 0.6 is 11.8 Å². The van der Waals surface area contributed by atoms with Crippen molar-refractivity contribution >= 4 is 17.7 Å². The van der Waals surface area contributed by atoms with E-state index in [1.165, 1.54) is 11.8 Å². The minimum Gasteiger partial charge on any atom is -0.486 e. The number of thioether (sulfide) groups is 1. The molecule has 0 radical (unpaired) electrons. The van der Waals surface area contributed by atoms with Gasteiger partial charge in [0.15, 0.2) is 22.5 Å². The summed E-state index contributed by atoms with van der Waals surface area (Å²) in [5.41, 5.74) is 1.91. The molecular weight excluding hydrogens is 414 g/mol. The second-order valence-electron chi connectivity index (χ2n) is 7.63. The molecule has 3 aromatic rings. The minimum absolute atomic E-state index is 0.0549. The van der Waals surface area contributed by atoms with Gasteiger partial charge >= 0.3 is 0 Å². The van der Waals surface area contributed by atoms with E-state index in [1.54, 1.807) is 12.4 Å². The van der Waals surface area contributed by atoms with Crippen LogP contribution in [0.25, 0.3) is 11.4 Å². The molecule has 1 atom stereocenters. The van der Waals surface area contributed by atoms with Crippen LogP contribution in [0, 0.1) is 0 Å². The number of ether oxygens (including phenoxy) is 2. The zero-order valence-corrected chi connectivity index (χ0v) is 18.0. The van der Waals surface area contributed by atoms with Gasteiger partial charge in [-0.25, -0.2) is 0 Å². The highest BCUT2D eigenvalue weighted by molar-refractivity contribution is 7.99. The van der Waals surface area contributed by atoms with Crippen LogP contribution in [0.5, 0.6) is 11.5 Å². The van der Waals surface area contributed by atoms with Crippen molar-refractivity contribution < 1.29 is 14.3 Å². The minimum atomic E-state index is -0.142. The largest absolute Gasteiger partial charge is 0.486 e. The third kappa shape index (κ3) is 4.36. The van der Waals surface area contributed by atoms with Gasteiger partial charge in [0.2, 0.25) is 5.91 Å². The molecule has 1 N–H and O–H groups in total. The zero-order chi connectivity index (χ0) is 21.2. The SMILES string of the molecule is C[C@H](NC(=O)CSc1nnc(-c2cccnc2)n1C1CC1)c1ccc2c(c1)OCCO2. The van der Waals surface area contributed by atoms with Crippen molar-refractivity contribution in [2.75, 3.05) is 19.0 Å². The van der Waals surface area contributed by atoms with Gasteiger partial charge < -0.3 is 14.8 Å². The number of pyridine rings is 1. The van der Waals surface area contributed by atoms with E-state index in [0.717, 1.165) is 46.4 Å². The van der Waals surface area contributed by atoms with Gasteiger partial charge in [-0.05, 0) is 49.6 Å². The van der Waals surface area contributed by atoms with E-state index in [9.17, 15) is 4.79 Å².